The Morgan fingerprint density at radius 3 is 2.45 bits per heavy atom. The Bertz CT molecular complexity index is 468. The van der Waals surface area contributed by atoms with Crippen LogP contribution in [-0.2, 0) is 5.41 Å². The lowest BCUT2D eigenvalue weighted by Gasteiger charge is -2.30. The molecule has 1 aromatic heterocycles. The highest BCUT2D eigenvalue weighted by atomic mass is 32.1. The average molecular weight is 295 g/mol. The minimum Gasteiger partial charge on any atom is -0.306 e. The van der Waals surface area contributed by atoms with Crippen molar-refractivity contribution in [1.82, 2.24) is 10.3 Å². The summed E-state index contributed by atoms with van der Waals surface area (Å²) in [5, 5.41) is 5.12. The summed E-state index contributed by atoms with van der Waals surface area (Å²) < 4.78 is 0. The van der Waals surface area contributed by atoms with Crippen molar-refractivity contribution >= 4 is 11.3 Å². The highest BCUT2D eigenvalue weighted by Gasteiger charge is 2.35. The number of hydrogen-bond acceptors (Lipinski definition) is 3. The molecular weight excluding hydrogens is 264 g/mol. The summed E-state index contributed by atoms with van der Waals surface area (Å²) in [5.41, 5.74) is 1.79. The largest absolute Gasteiger partial charge is 0.306 e. The molecule has 2 unspecified atom stereocenters. The second-order valence-electron chi connectivity index (χ2n) is 8.04. The summed E-state index contributed by atoms with van der Waals surface area (Å²) in [6.07, 6.45) is 4.00. The van der Waals surface area contributed by atoms with Crippen LogP contribution in [0.5, 0.6) is 0 Å². The lowest BCUT2D eigenvalue weighted by atomic mass is 9.87. The second kappa shape index (κ2) is 5.42. The molecule has 0 bridgehead atoms. The Morgan fingerprint density at radius 2 is 2.00 bits per heavy atom. The maximum Gasteiger partial charge on any atom is 0.0985 e. The van der Waals surface area contributed by atoms with Gasteiger partial charge in [0.2, 0.25) is 0 Å². The number of rotatable bonds is 3. The Hall–Kier alpha value is -0.410. The molecule has 0 aliphatic heterocycles. The molecule has 2 atom stereocenters. The fourth-order valence-corrected chi connectivity index (χ4v) is 4.28. The van der Waals surface area contributed by atoms with E-state index in [1.807, 2.05) is 11.3 Å². The lowest BCUT2D eigenvalue weighted by molar-refractivity contribution is 0.267. The van der Waals surface area contributed by atoms with Gasteiger partial charge < -0.3 is 5.32 Å². The third kappa shape index (κ3) is 3.25. The molecule has 0 saturated heterocycles. The third-order valence-electron chi connectivity index (χ3n) is 4.58. The molecule has 3 heteroatoms. The van der Waals surface area contributed by atoms with E-state index in [1.54, 1.807) is 0 Å². The van der Waals surface area contributed by atoms with Crippen LogP contribution < -0.4 is 5.32 Å². The molecule has 1 saturated carbocycles. The van der Waals surface area contributed by atoms with Gasteiger partial charge in [0.05, 0.1) is 10.7 Å². The molecule has 2 nitrogen and oxygen atoms in total. The summed E-state index contributed by atoms with van der Waals surface area (Å²) >= 11 is 1.88. The number of nitrogens with zero attached hydrogens (tertiary/aromatic N) is 1. The molecule has 0 spiro atoms. The van der Waals surface area contributed by atoms with Gasteiger partial charge in [-0.1, -0.05) is 41.0 Å². The van der Waals surface area contributed by atoms with Crippen molar-refractivity contribution < 1.29 is 0 Å². The van der Waals surface area contributed by atoms with Crippen LogP contribution in [0.15, 0.2) is 0 Å². The predicted octanol–water partition coefficient (Wildman–Crippen LogP) is 4.98. The van der Waals surface area contributed by atoms with E-state index in [4.69, 9.17) is 4.98 Å². The van der Waals surface area contributed by atoms with E-state index >= 15 is 0 Å². The predicted molar refractivity (Wildman–Crippen MR) is 88.5 cm³/mol. The first kappa shape index (κ1) is 16.0. The van der Waals surface area contributed by atoms with Crippen LogP contribution in [0.25, 0.3) is 0 Å². The molecule has 1 aliphatic carbocycles. The molecule has 0 amide bonds. The van der Waals surface area contributed by atoms with Gasteiger partial charge in [-0.05, 0) is 32.1 Å². The van der Waals surface area contributed by atoms with Crippen molar-refractivity contribution in [2.45, 2.75) is 85.2 Å². The summed E-state index contributed by atoms with van der Waals surface area (Å²) in [6.45, 7) is 16.0. The van der Waals surface area contributed by atoms with Crippen molar-refractivity contribution in [2.24, 2.45) is 5.41 Å². The zero-order chi connectivity index (χ0) is 15.1. The first-order valence-electron chi connectivity index (χ1n) is 7.85. The van der Waals surface area contributed by atoms with Crippen LogP contribution >= 0.6 is 11.3 Å². The van der Waals surface area contributed by atoms with Gasteiger partial charge in [-0.15, -0.1) is 11.3 Å². The molecule has 1 heterocycles. The van der Waals surface area contributed by atoms with Crippen LogP contribution in [0.2, 0.25) is 0 Å². The minimum absolute atomic E-state index is 0.153. The van der Waals surface area contributed by atoms with Crippen LogP contribution in [0.1, 0.15) is 82.4 Å². The Labute approximate surface area is 128 Å². The zero-order valence-corrected chi connectivity index (χ0v) is 14.9. The topological polar surface area (TPSA) is 24.9 Å². The maximum absolute atomic E-state index is 4.79. The number of hydrogen-bond donors (Lipinski definition) is 1. The summed E-state index contributed by atoms with van der Waals surface area (Å²) in [7, 11) is 0. The highest BCUT2D eigenvalue weighted by molar-refractivity contribution is 7.12. The van der Waals surface area contributed by atoms with Crippen LogP contribution in [0.4, 0.5) is 0 Å². The standard InChI is InChI=1S/C17H30N2S/c1-11(18-13-9-8-10-17(13,6)7)14-12(2)19-15(20-14)16(3,4)5/h11,13,18H,8-10H2,1-7H3. The molecule has 2 rings (SSSR count). The first-order valence-corrected chi connectivity index (χ1v) is 8.67. The quantitative estimate of drug-likeness (QED) is 0.850. The SMILES string of the molecule is Cc1nc(C(C)(C)C)sc1C(C)NC1CCCC1(C)C. The maximum atomic E-state index is 4.79. The van der Waals surface area contributed by atoms with Gasteiger partial charge in [0.1, 0.15) is 0 Å². The average Bonchev–Trinajstić information content (AvgIpc) is 2.82. The van der Waals surface area contributed by atoms with Gasteiger partial charge in [-0.2, -0.15) is 0 Å². The van der Waals surface area contributed by atoms with Gasteiger partial charge in [0, 0.05) is 22.4 Å². The molecular formula is C17H30N2S. The fourth-order valence-electron chi connectivity index (χ4n) is 3.14. The van der Waals surface area contributed by atoms with E-state index in [0.29, 0.717) is 17.5 Å². The molecule has 114 valence electrons. The van der Waals surface area contributed by atoms with E-state index < -0.39 is 0 Å². The number of thiazole rings is 1. The van der Waals surface area contributed by atoms with Crippen molar-refractivity contribution in [3.05, 3.63) is 15.6 Å². The van der Waals surface area contributed by atoms with Crippen LogP contribution in [0.3, 0.4) is 0 Å². The van der Waals surface area contributed by atoms with Crippen molar-refractivity contribution in [3.63, 3.8) is 0 Å². The van der Waals surface area contributed by atoms with Gasteiger partial charge in [-0.3, -0.25) is 0 Å². The first-order chi connectivity index (χ1) is 9.11. The second-order valence-corrected chi connectivity index (χ2v) is 9.07. The van der Waals surface area contributed by atoms with Gasteiger partial charge in [0.25, 0.3) is 0 Å². The van der Waals surface area contributed by atoms with E-state index in [9.17, 15) is 0 Å². The number of aryl methyl sites for hydroxylation is 1. The van der Waals surface area contributed by atoms with Crippen molar-refractivity contribution in [3.8, 4) is 0 Å². The van der Waals surface area contributed by atoms with Crippen molar-refractivity contribution in [2.75, 3.05) is 0 Å². The molecule has 20 heavy (non-hydrogen) atoms. The van der Waals surface area contributed by atoms with E-state index in [0.717, 1.165) is 0 Å². The van der Waals surface area contributed by atoms with Crippen molar-refractivity contribution in [1.29, 1.82) is 0 Å². The minimum atomic E-state index is 0.153. The summed E-state index contributed by atoms with van der Waals surface area (Å²) in [6, 6.07) is 1.04. The Kier molecular flexibility index (Phi) is 4.32. The number of nitrogens with one attached hydrogen (secondary N) is 1. The molecule has 1 fully saturated rings. The summed E-state index contributed by atoms with van der Waals surface area (Å²) in [4.78, 5) is 6.21. The Balaban J connectivity index is 2.14. The lowest BCUT2D eigenvalue weighted by Crippen LogP contribution is -2.39. The van der Waals surface area contributed by atoms with Gasteiger partial charge in [0.15, 0.2) is 0 Å². The number of aromatic nitrogens is 1. The highest BCUT2D eigenvalue weighted by Crippen LogP contribution is 2.39. The molecule has 1 N–H and O–H groups in total. The molecule has 1 aromatic rings. The zero-order valence-electron chi connectivity index (χ0n) is 14.1. The molecule has 1 aliphatic rings. The molecule has 0 radical (unpaired) electrons. The van der Waals surface area contributed by atoms with E-state index in [2.05, 4.69) is 53.8 Å². The fraction of sp³-hybridized carbons (Fsp3) is 0.824. The normalized spacial score (nSPS) is 24.1. The van der Waals surface area contributed by atoms with Crippen LogP contribution in [0, 0.1) is 12.3 Å². The van der Waals surface area contributed by atoms with Gasteiger partial charge >= 0.3 is 0 Å². The Morgan fingerprint density at radius 1 is 1.35 bits per heavy atom. The van der Waals surface area contributed by atoms with Crippen LogP contribution in [-0.4, -0.2) is 11.0 Å². The molecule has 0 aromatic carbocycles. The van der Waals surface area contributed by atoms with Gasteiger partial charge in [-0.25, -0.2) is 4.98 Å². The monoisotopic (exact) mass is 294 g/mol. The summed E-state index contributed by atoms with van der Waals surface area (Å²) in [5.74, 6) is 0. The smallest absolute Gasteiger partial charge is 0.0985 e. The van der Waals surface area contributed by atoms with E-state index in [1.165, 1.54) is 34.8 Å². The van der Waals surface area contributed by atoms with E-state index in [-0.39, 0.29) is 5.41 Å². The third-order valence-corrected chi connectivity index (χ3v) is 6.34.